The molecule has 0 amide bonds. The SMILES string of the molecule is CCc1ccc(C(C)NC2CC(C)(C)Oc3ccc(C(C)=O)cc32)cc1. The molecule has 0 spiro atoms. The van der Waals surface area contributed by atoms with Crippen molar-refractivity contribution < 1.29 is 9.53 Å². The molecule has 0 radical (unpaired) electrons. The van der Waals surface area contributed by atoms with Gasteiger partial charge in [0.15, 0.2) is 5.78 Å². The normalized spacial score (nSPS) is 19.3. The smallest absolute Gasteiger partial charge is 0.159 e. The summed E-state index contributed by atoms with van der Waals surface area (Å²) in [5, 5.41) is 3.76. The third-order valence-electron chi connectivity index (χ3n) is 5.21. The van der Waals surface area contributed by atoms with E-state index in [0.29, 0.717) is 0 Å². The first kappa shape index (κ1) is 18.7. The summed E-state index contributed by atoms with van der Waals surface area (Å²) < 4.78 is 6.15. The van der Waals surface area contributed by atoms with E-state index in [4.69, 9.17) is 4.74 Å². The van der Waals surface area contributed by atoms with Crippen LogP contribution in [0.1, 0.15) is 80.2 Å². The average molecular weight is 351 g/mol. The molecule has 0 bridgehead atoms. The van der Waals surface area contributed by atoms with Crippen LogP contribution in [0, 0.1) is 0 Å². The van der Waals surface area contributed by atoms with Gasteiger partial charge in [-0.3, -0.25) is 4.79 Å². The van der Waals surface area contributed by atoms with Crippen LogP contribution in [0.3, 0.4) is 0 Å². The summed E-state index contributed by atoms with van der Waals surface area (Å²) in [6.45, 7) is 10.2. The van der Waals surface area contributed by atoms with Crippen molar-refractivity contribution in [1.82, 2.24) is 5.32 Å². The molecular formula is C23H29NO2. The number of benzene rings is 2. The van der Waals surface area contributed by atoms with Gasteiger partial charge < -0.3 is 10.1 Å². The van der Waals surface area contributed by atoms with E-state index in [2.05, 4.69) is 57.3 Å². The summed E-state index contributed by atoms with van der Waals surface area (Å²) in [4.78, 5) is 11.8. The second-order valence-corrected chi connectivity index (χ2v) is 7.91. The van der Waals surface area contributed by atoms with Gasteiger partial charge in [0.1, 0.15) is 11.4 Å². The van der Waals surface area contributed by atoms with Gasteiger partial charge in [-0.25, -0.2) is 0 Å². The first-order chi connectivity index (χ1) is 12.3. The molecule has 2 aromatic rings. The first-order valence-corrected chi connectivity index (χ1v) is 9.48. The maximum Gasteiger partial charge on any atom is 0.159 e. The summed E-state index contributed by atoms with van der Waals surface area (Å²) in [5.41, 5.74) is 4.20. The van der Waals surface area contributed by atoms with Crippen LogP contribution in [0.4, 0.5) is 0 Å². The number of ether oxygens (including phenoxy) is 1. The van der Waals surface area contributed by atoms with E-state index in [1.54, 1.807) is 6.92 Å². The minimum absolute atomic E-state index is 0.0830. The molecule has 2 aromatic carbocycles. The van der Waals surface area contributed by atoms with E-state index in [-0.39, 0.29) is 23.5 Å². The molecule has 0 saturated carbocycles. The number of Topliss-reactive ketones (excluding diaryl/α,β-unsaturated/α-hetero) is 1. The third-order valence-corrected chi connectivity index (χ3v) is 5.21. The fourth-order valence-corrected chi connectivity index (χ4v) is 3.66. The van der Waals surface area contributed by atoms with Gasteiger partial charge in [0.25, 0.3) is 0 Å². The lowest BCUT2D eigenvalue weighted by Gasteiger charge is -2.39. The van der Waals surface area contributed by atoms with Gasteiger partial charge in [0.2, 0.25) is 0 Å². The number of hydrogen-bond acceptors (Lipinski definition) is 3. The van der Waals surface area contributed by atoms with Crippen molar-refractivity contribution in [3.8, 4) is 5.75 Å². The van der Waals surface area contributed by atoms with E-state index in [9.17, 15) is 4.79 Å². The monoisotopic (exact) mass is 351 g/mol. The molecule has 1 N–H and O–H groups in total. The number of rotatable bonds is 5. The minimum Gasteiger partial charge on any atom is -0.487 e. The molecule has 0 fully saturated rings. The van der Waals surface area contributed by atoms with Crippen molar-refractivity contribution in [3.63, 3.8) is 0 Å². The maximum atomic E-state index is 11.8. The topological polar surface area (TPSA) is 38.3 Å². The van der Waals surface area contributed by atoms with E-state index in [1.165, 1.54) is 11.1 Å². The predicted molar refractivity (Wildman–Crippen MR) is 106 cm³/mol. The Morgan fingerprint density at radius 3 is 2.54 bits per heavy atom. The molecule has 3 nitrogen and oxygen atoms in total. The highest BCUT2D eigenvalue weighted by Gasteiger charge is 2.34. The standard InChI is InChI=1S/C23H29NO2/c1-6-17-7-9-18(10-8-17)15(2)24-21-14-23(4,5)26-22-12-11-19(16(3)25)13-20(21)22/h7-13,15,21,24H,6,14H2,1-5H3. The fraction of sp³-hybridized carbons (Fsp3) is 0.435. The fourth-order valence-electron chi connectivity index (χ4n) is 3.66. The zero-order valence-corrected chi connectivity index (χ0v) is 16.4. The molecule has 2 atom stereocenters. The number of nitrogens with one attached hydrogen (secondary N) is 1. The summed E-state index contributed by atoms with van der Waals surface area (Å²) in [5.74, 6) is 0.955. The number of hydrogen-bond donors (Lipinski definition) is 1. The molecule has 3 heteroatoms. The third kappa shape index (κ3) is 3.99. The molecule has 0 aromatic heterocycles. The molecule has 3 rings (SSSR count). The lowest BCUT2D eigenvalue weighted by Crippen LogP contribution is -2.40. The van der Waals surface area contributed by atoms with Crippen molar-refractivity contribution in [2.75, 3.05) is 0 Å². The Bertz CT molecular complexity index is 792. The summed E-state index contributed by atoms with van der Waals surface area (Å²) in [7, 11) is 0. The average Bonchev–Trinajstić information content (AvgIpc) is 2.60. The Hall–Kier alpha value is -2.13. The van der Waals surface area contributed by atoms with Crippen LogP contribution >= 0.6 is 0 Å². The molecule has 0 saturated heterocycles. The van der Waals surface area contributed by atoms with Crippen LogP contribution < -0.4 is 10.1 Å². The van der Waals surface area contributed by atoms with Crippen LogP contribution in [0.5, 0.6) is 5.75 Å². The number of carbonyl (C=O) groups excluding carboxylic acids is 1. The van der Waals surface area contributed by atoms with Gasteiger partial charge in [0, 0.05) is 29.6 Å². The minimum atomic E-state index is -0.242. The zero-order chi connectivity index (χ0) is 18.9. The maximum absolute atomic E-state index is 11.8. The van der Waals surface area contributed by atoms with E-state index >= 15 is 0 Å². The number of carbonyl (C=O) groups is 1. The Kier molecular flexibility index (Phi) is 5.19. The predicted octanol–water partition coefficient (Wildman–Crippen LogP) is 5.40. The largest absolute Gasteiger partial charge is 0.487 e. The quantitative estimate of drug-likeness (QED) is 0.733. The number of fused-ring (bicyclic) bond motifs is 1. The van der Waals surface area contributed by atoms with Crippen molar-refractivity contribution in [3.05, 3.63) is 64.7 Å². The highest BCUT2D eigenvalue weighted by molar-refractivity contribution is 5.94. The van der Waals surface area contributed by atoms with Crippen LogP contribution in [0.2, 0.25) is 0 Å². The first-order valence-electron chi connectivity index (χ1n) is 9.48. The van der Waals surface area contributed by atoms with Gasteiger partial charge in [0.05, 0.1) is 0 Å². The molecule has 138 valence electrons. The van der Waals surface area contributed by atoms with Crippen LogP contribution in [-0.2, 0) is 6.42 Å². The molecule has 0 aliphatic carbocycles. The second kappa shape index (κ2) is 7.24. The van der Waals surface area contributed by atoms with Crippen LogP contribution in [0.25, 0.3) is 0 Å². The van der Waals surface area contributed by atoms with Gasteiger partial charge in [-0.2, -0.15) is 0 Å². The number of ketones is 1. The Morgan fingerprint density at radius 1 is 1.23 bits per heavy atom. The van der Waals surface area contributed by atoms with Crippen molar-refractivity contribution in [2.24, 2.45) is 0 Å². The van der Waals surface area contributed by atoms with Gasteiger partial charge >= 0.3 is 0 Å². The van der Waals surface area contributed by atoms with E-state index < -0.39 is 0 Å². The lowest BCUT2D eigenvalue weighted by molar-refractivity contribution is 0.0640. The molecule has 2 unspecified atom stereocenters. The van der Waals surface area contributed by atoms with Crippen LogP contribution in [-0.4, -0.2) is 11.4 Å². The molecule has 1 aliphatic rings. The van der Waals surface area contributed by atoms with E-state index in [0.717, 1.165) is 29.7 Å². The molecule has 26 heavy (non-hydrogen) atoms. The highest BCUT2D eigenvalue weighted by Crippen LogP contribution is 2.41. The van der Waals surface area contributed by atoms with Gasteiger partial charge in [-0.15, -0.1) is 0 Å². The van der Waals surface area contributed by atoms with Crippen molar-refractivity contribution in [1.29, 1.82) is 0 Å². The summed E-state index contributed by atoms with van der Waals surface area (Å²) >= 11 is 0. The Morgan fingerprint density at radius 2 is 1.92 bits per heavy atom. The highest BCUT2D eigenvalue weighted by atomic mass is 16.5. The number of aryl methyl sites for hydroxylation is 1. The summed E-state index contributed by atoms with van der Waals surface area (Å²) in [6, 6.07) is 14.9. The molecule has 1 heterocycles. The Labute approximate surface area is 156 Å². The van der Waals surface area contributed by atoms with Gasteiger partial charge in [-0.1, -0.05) is 31.2 Å². The van der Waals surface area contributed by atoms with E-state index in [1.807, 2.05) is 18.2 Å². The molecule has 1 aliphatic heterocycles. The van der Waals surface area contributed by atoms with Crippen molar-refractivity contribution >= 4 is 5.78 Å². The zero-order valence-electron chi connectivity index (χ0n) is 16.4. The van der Waals surface area contributed by atoms with Crippen molar-refractivity contribution in [2.45, 2.75) is 65.1 Å². The molecular weight excluding hydrogens is 322 g/mol. The van der Waals surface area contributed by atoms with Crippen LogP contribution in [0.15, 0.2) is 42.5 Å². The second-order valence-electron chi connectivity index (χ2n) is 7.91. The summed E-state index contributed by atoms with van der Waals surface area (Å²) in [6.07, 6.45) is 1.91. The van der Waals surface area contributed by atoms with Gasteiger partial charge in [-0.05, 0) is 63.4 Å². The lowest BCUT2D eigenvalue weighted by atomic mass is 9.87. The Balaban J connectivity index is 1.88.